The molecule has 176 valence electrons. The topological polar surface area (TPSA) is 41.6 Å². The van der Waals surface area contributed by atoms with Crippen LogP contribution in [0.5, 0.6) is 0 Å². The zero-order valence-electron chi connectivity index (χ0n) is 18.6. The van der Waals surface area contributed by atoms with Crippen LogP contribution >= 0.6 is 11.8 Å². The third-order valence-corrected chi connectivity index (χ3v) is 9.18. The predicted molar refractivity (Wildman–Crippen MR) is 117 cm³/mol. The highest BCUT2D eigenvalue weighted by Crippen LogP contribution is 2.55. The maximum absolute atomic E-state index is 13.7. The molecule has 8 heteroatoms. The summed E-state index contributed by atoms with van der Waals surface area (Å²) in [5.41, 5.74) is 0.656. The molecule has 4 atom stereocenters. The number of carbonyl (C=O) groups excluding carboxylic acids is 1. The van der Waals surface area contributed by atoms with E-state index >= 15 is 0 Å². The molecule has 1 saturated carbocycles. The standard InChI is InChI=1S/C24H31F3N2O2S/c1-14-20-11-19-15(9-16(24(25,26)27)10-21(19)32-2)13-29(20)22(30)23(14)6-3-18(12-23)28-17-4-7-31-8-5-17/h9-10,14,17-18,20,28H,3-8,11-13H2,1-2H3/t14?,18-,20?,23+/m1/s1. The first-order chi connectivity index (χ1) is 15.2. The Hall–Kier alpha value is -1.25. The average molecular weight is 469 g/mol. The van der Waals surface area contributed by atoms with Gasteiger partial charge in [-0.2, -0.15) is 13.2 Å². The largest absolute Gasteiger partial charge is 0.416 e. The van der Waals surface area contributed by atoms with Crippen molar-refractivity contribution in [3.63, 3.8) is 0 Å². The molecule has 1 aromatic rings. The van der Waals surface area contributed by atoms with Crippen LogP contribution < -0.4 is 5.32 Å². The molecule has 0 aromatic heterocycles. The number of nitrogens with one attached hydrogen (secondary N) is 1. The van der Waals surface area contributed by atoms with Crippen LogP contribution in [0.4, 0.5) is 13.2 Å². The fourth-order valence-electron chi connectivity index (χ4n) is 6.58. The second-order valence-electron chi connectivity index (χ2n) is 9.96. The molecule has 1 aromatic carbocycles. The summed E-state index contributed by atoms with van der Waals surface area (Å²) < 4.78 is 45.8. The van der Waals surface area contributed by atoms with Gasteiger partial charge in [0, 0.05) is 42.8 Å². The molecule has 4 aliphatic rings. The Kier molecular flexibility index (Phi) is 5.78. The quantitative estimate of drug-likeness (QED) is 0.657. The van der Waals surface area contributed by atoms with E-state index in [4.69, 9.17) is 4.74 Å². The molecule has 1 aliphatic carbocycles. The lowest BCUT2D eigenvalue weighted by Gasteiger charge is -2.35. The first-order valence-electron chi connectivity index (χ1n) is 11.6. The summed E-state index contributed by atoms with van der Waals surface area (Å²) in [6.07, 6.45) is 2.79. The van der Waals surface area contributed by atoms with Gasteiger partial charge in [-0.05, 0) is 74.0 Å². The SMILES string of the molecule is CSc1cc(C(F)(F)F)cc2c1CC1C(C)[C@@]3(CC[C@@H](NC4CCOCC4)C3)C(=O)N1C2. The molecule has 2 saturated heterocycles. The highest BCUT2D eigenvalue weighted by Gasteiger charge is 2.60. The average Bonchev–Trinajstić information content (AvgIpc) is 3.28. The molecule has 3 fully saturated rings. The number of benzene rings is 1. The summed E-state index contributed by atoms with van der Waals surface area (Å²) in [5, 5.41) is 3.77. The first-order valence-corrected chi connectivity index (χ1v) is 12.9. The monoisotopic (exact) mass is 468 g/mol. The summed E-state index contributed by atoms with van der Waals surface area (Å²) in [5.74, 6) is 0.349. The number of nitrogens with zero attached hydrogens (tertiary/aromatic N) is 1. The Bertz CT molecular complexity index is 902. The molecule has 3 heterocycles. The Morgan fingerprint density at radius 3 is 2.62 bits per heavy atom. The smallest absolute Gasteiger partial charge is 0.381 e. The first kappa shape index (κ1) is 22.5. The van der Waals surface area contributed by atoms with Crippen molar-refractivity contribution in [3.8, 4) is 0 Å². The molecule has 2 unspecified atom stereocenters. The summed E-state index contributed by atoms with van der Waals surface area (Å²) >= 11 is 1.37. The van der Waals surface area contributed by atoms with Crippen molar-refractivity contribution in [2.24, 2.45) is 11.3 Å². The number of fused-ring (bicyclic) bond motifs is 2. The summed E-state index contributed by atoms with van der Waals surface area (Å²) in [7, 11) is 0. The van der Waals surface area contributed by atoms with Gasteiger partial charge in [-0.25, -0.2) is 0 Å². The van der Waals surface area contributed by atoms with E-state index in [1.54, 1.807) is 0 Å². The van der Waals surface area contributed by atoms with Crippen molar-refractivity contribution < 1.29 is 22.7 Å². The van der Waals surface area contributed by atoms with E-state index in [2.05, 4.69) is 12.2 Å². The Balaban J connectivity index is 1.38. The van der Waals surface area contributed by atoms with Gasteiger partial charge in [-0.15, -0.1) is 11.8 Å². The number of amides is 1. The minimum atomic E-state index is -4.38. The normalized spacial score (nSPS) is 33.1. The molecule has 1 N–H and O–H groups in total. The van der Waals surface area contributed by atoms with Crippen molar-refractivity contribution >= 4 is 17.7 Å². The van der Waals surface area contributed by atoms with Gasteiger partial charge < -0.3 is 15.0 Å². The molecule has 1 spiro atoms. The number of halogens is 3. The molecule has 0 radical (unpaired) electrons. The molecule has 3 aliphatic heterocycles. The zero-order chi connectivity index (χ0) is 22.7. The van der Waals surface area contributed by atoms with Crippen LogP contribution in [0.15, 0.2) is 17.0 Å². The van der Waals surface area contributed by atoms with E-state index in [9.17, 15) is 18.0 Å². The highest BCUT2D eigenvalue weighted by atomic mass is 32.2. The van der Waals surface area contributed by atoms with Crippen molar-refractivity contribution in [1.29, 1.82) is 0 Å². The number of thioether (sulfide) groups is 1. The maximum Gasteiger partial charge on any atom is 0.416 e. The summed E-state index contributed by atoms with van der Waals surface area (Å²) in [6.45, 7) is 4.06. The van der Waals surface area contributed by atoms with E-state index in [0.717, 1.165) is 50.9 Å². The lowest BCUT2D eigenvalue weighted by atomic mass is 9.73. The van der Waals surface area contributed by atoms with Gasteiger partial charge in [-0.3, -0.25) is 4.79 Å². The van der Waals surface area contributed by atoms with Crippen molar-refractivity contribution in [1.82, 2.24) is 10.2 Å². The molecule has 1 amide bonds. The molecule has 4 nitrogen and oxygen atoms in total. The van der Waals surface area contributed by atoms with Crippen LogP contribution in [0, 0.1) is 11.3 Å². The van der Waals surface area contributed by atoms with Gasteiger partial charge in [0.1, 0.15) is 0 Å². The zero-order valence-corrected chi connectivity index (χ0v) is 19.5. The van der Waals surface area contributed by atoms with Crippen LogP contribution in [0.1, 0.15) is 55.7 Å². The molecule has 32 heavy (non-hydrogen) atoms. The Morgan fingerprint density at radius 2 is 1.94 bits per heavy atom. The molecular formula is C24H31F3N2O2S. The van der Waals surface area contributed by atoms with Gasteiger partial charge in [-0.1, -0.05) is 6.92 Å². The van der Waals surface area contributed by atoms with Crippen molar-refractivity contribution in [3.05, 3.63) is 28.8 Å². The minimum absolute atomic E-state index is 0.0690. The van der Waals surface area contributed by atoms with Gasteiger partial charge in [0.25, 0.3) is 0 Å². The van der Waals surface area contributed by atoms with Crippen LogP contribution in [-0.2, 0) is 28.7 Å². The van der Waals surface area contributed by atoms with Crippen LogP contribution in [-0.4, -0.2) is 48.4 Å². The predicted octanol–water partition coefficient (Wildman–Crippen LogP) is 4.64. The van der Waals surface area contributed by atoms with Gasteiger partial charge in [0.05, 0.1) is 11.0 Å². The van der Waals surface area contributed by atoms with Gasteiger partial charge in [0.2, 0.25) is 5.91 Å². The third-order valence-electron chi connectivity index (χ3n) is 8.38. The summed E-state index contributed by atoms with van der Waals surface area (Å²) in [4.78, 5) is 16.3. The summed E-state index contributed by atoms with van der Waals surface area (Å²) in [6, 6.07) is 3.39. The van der Waals surface area contributed by atoms with Crippen molar-refractivity contribution in [2.75, 3.05) is 19.5 Å². The van der Waals surface area contributed by atoms with Crippen LogP contribution in [0.2, 0.25) is 0 Å². The number of hydrogen-bond donors (Lipinski definition) is 1. The Morgan fingerprint density at radius 1 is 1.19 bits per heavy atom. The lowest BCUT2D eigenvalue weighted by Crippen LogP contribution is -2.42. The fraction of sp³-hybridized carbons (Fsp3) is 0.708. The maximum atomic E-state index is 13.7. The molecule has 0 bridgehead atoms. The fourth-order valence-corrected chi connectivity index (χ4v) is 7.29. The second-order valence-corrected chi connectivity index (χ2v) is 10.8. The third kappa shape index (κ3) is 3.66. The van der Waals surface area contributed by atoms with E-state index < -0.39 is 11.7 Å². The van der Waals surface area contributed by atoms with Gasteiger partial charge in [0.15, 0.2) is 0 Å². The van der Waals surface area contributed by atoms with Crippen LogP contribution in [0.25, 0.3) is 0 Å². The van der Waals surface area contributed by atoms with E-state index in [1.165, 1.54) is 23.9 Å². The second kappa shape index (κ2) is 8.20. The highest BCUT2D eigenvalue weighted by molar-refractivity contribution is 7.98. The van der Waals surface area contributed by atoms with E-state index in [1.807, 2.05) is 11.2 Å². The number of alkyl halides is 3. The number of rotatable bonds is 3. The van der Waals surface area contributed by atoms with E-state index in [-0.39, 0.29) is 23.3 Å². The molecule has 5 rings (SSSR count). The van der Waals surface area contributed by atoms with Crippen molar-refractivity contribution in [2.45, 2.75) is 81.2 Å². The minimum Gasteiger partial charge on any atom is -0.381 e. The molecular weight excluding hydrogens is 437 g/mol. The van der Waals surface area contributed by atoms with E-state index in [0.29, 0.717) is 35.5 Å². The Labute approximate surface area is 191 Å². The lowest BCUT2D eigenvalue weighted by molar-refractivity contribution is -0.138. The number of hydrogen-bond acceptors (Lipinski definition) is 4. The number of carbonyl (C=O) groups is 1. The number of ether oxygens (including phenoxy) is 1. The van der Waals surface area contributed by atoms with Gasteiger partial charge >= 0.3 is 6.18 Å². The van der Waals surface area contributed by atoms with Crippen LogP contribution in [0.3, 0.4) is 0 Å².